The average Bonchev–Trinajstić information content (AvgIpc) is 2.75. The number of aliphatic hydroxyl groups is 1. The van der Waals surface area contributed by atoms with E-state index in [0.717, 1.165) is 38.5 Å². The van der Waals surface area contributed by atoms with E-state index in [9.17, 15) is 9.90 Å². The highest BCUT2D eigenvalue weighted by Gasteiger charge is 2.31. The van der Waals surface area contributed by atoms with E-state index in [4.69, 9.17) is 0 Å². The lowest BCUT2D eigenvalue weighted by Crippen LogP contribution is -2.53. The highest BCUT2D eigenvalue weighted by molar-refractivity contribution is 5.78. The van der Waals surface area contributed by atoms with Crippen LogP contribution < -0.4 is 10.6 Å². The Morgan fingerprint density at radius 3 is 2.20 bits per heavy atom. The van der Waals surface area contributed by atoms with Crippen molar-refractivity contribution < 1.29 is 9.90 Å². The van der Waals surface area contributed by atoms with Gasteiger partial charge in [0.1, 0.15) is 0 Å². The van der Waals surface area contributed by atoms with Crippen LogP contribution in [-0.2, 0) is 4.79 Å². The monoisotopic (exact) mass is 282 g/mol. The van der Waals surface area contributed by atoms with E-state index in [1.165, 1.54) is 32.1 Å². The van der Waals surface area contributed by atoms with Gasteiger partial charge in [0.05, 0.1) is 13.2 Å². The summed E-state index contributed by atoms with van der Waals surface area (Å²) in [4.78, 5) is 12.1. The van der Waals surface area contributed by atoms with Crippen molar-refractivity contribution in [3.63, 3.8) is 0 Å². The molecule has 20 heavy (non-hydrogen) atoms. The molecule has 2 rings (SSSR count). The lowest BCUT2D eigenvalue weighted by molar-refractivity contribution is -0.121. The first-order valence-electron chi connectivity index (χ1n) is 8.39. The fourth-order valence-corrected chi connectivity index (χ4v) is 3.59. The third-order valence-electron chi connectivity index (χ3n) is 4.96. The molecule has 116 valence electrons. The van der Waals surface area contributed by atoms with E-state index in [-0.39, 0.29) is 18.1 Å². The Kier molecular flexibility index (Phi) is 6.30. The molecule has 0 unspecified atom stereocenters. The van der Waals surface area contributed by atoms with Crippen molar-refractivity contribution >= 4 is 5.91 Å². The van der Waals surface area contributed by atoms with Gasteiger partial charge in [-0.25, -0.2) is 0 Å². The van der Waals surface area contributed by atoms with E-state index in [2.05, 4.69) is 10.6 Å². The molecule has 0 atom stereocenters. The van der Waals surface area contributed by atoms with Gasteiger partial charge in [-0.3, -0.25) is 4.79 Å². The van der Waals surface area contributed by atoms with Crippen LogP contribution in [0.5, 0.6) is 0 Å². The summed E-state index contributed by atoms with van der Waals surface area (Å²) in [5, 5.41) is 16.1. The minimum Gasteiger partial charge on any atom is -0.394 e. The second kappa shape index (κ2) is 7.99. The molecule has 0 heterocycles. The summed E-state index contributed by atoms with van der Waals surface area (Å²) in [6.07, 6.45) is 12.8. The number of carbonyl (C=O) groups excluding carboxylic acids is 1. The molecular weight excluding hydrogens is 252 g/mol. The van der Waals surface area contributed by atoms with E-state index in [1.54, 1.807) is 0 Å². The highest BCUT2D eigenvalue weighted by atomic mass is 16.3. The van der Waals surface area contributed by atoms with Gasteiger partial charge in [-0.1, -0.05) is 44.9 Å². The first kappa shape index (κ1) is 15.8. The first-order valence-corrected chi connectivity index (χ1v) is 8.39. The topological polar surface area (TPSA) is 61.4 Å². The molecule has 4 nitrogen and oxygen atoms in total. The first-order chi connectivity index (χ1) is 9.74. The van der Waals surface area contributed by atoms with Crippen molar-refractivity contribution in [2.75, 3.05) is 13.2 Å². The zero-order valence-electron chi connectivity index (χ0n) is 12.6. The lowest BCUT2D eigenvalue weighted by atomic mass is 9.82. The van der Waals surface area contributed by atoms with Gasteiger partial charge >= 0.3 is 0 Å². The minimum absolute atomic E-state index is 0.0929. The Bertz CT molecular complexity index is 293. The van der Waals surface area contributed by atoms with Crippen molar-refractivity contribution in [1.82, 2.24) is 10.6 Å². The van der Waals surface area contributed by atoms with Gasteiger partial charge in [-0.2, -0.15) is 0 Å². The van der Waals surface area contributed by atoms with Crippen molar-refractivity contribution in [2.24, 2.45) is 0 Å². The number of hydrogen-bond donors (Lipinski definition) is 3. The number of nitrogens with one attached hydrogen (secondary N) is 2. The smallest absolute Gasteiger partial charge is 0.234 e. The summed E-state index contributed by atoms with van der Waals surface area (Å²) < 4.78 is 0. The Morgan fingerprint density at radius 1 is 1.00 bits per heavy atom. The fourth-order valence-electron chi connectivity index (χ4n) is 3.59. The zero-order valence-corrected chi connectivity index (χ0v) is 12.6. The third kappa shape index (κ3) is 4.74. The number of hydrogen-bond acceptors (Lipinski definition) is 3. The molecule has 0 aromatic rings. The number of carbonyl (C=O) groups is 1. The van der Waals surface area contributed by atoms with Crippen LogP contribution in [0.4, 0.5) is 0 Å². The standard InChI is InChI=1S/C16H30N2O2/c19-13-16(10-6-3-7-11-16)17-12-15(20)18-14-8-4-1-2-5-9-14/h14,17,19H,1-13H2,(H,18,20). The summed E-state index contributed by atoms with van der Waals surface area (Å²) in [6.45, 7) is 0.487. The number of amides is 1. The van der Waals surface area contributed by atoms with Gasteiger partial charge < -0.3 is 15.7 Å². The van der Waals surface area contributed by atoms with Gasteiger partial charge in [0.15, 0.2) is 0 Å². The van der Waals surface area contributed by atoms with Gasteiger partial charge in [0.25, 0.3) is 0 Å². The number of rotatable bonds is 5. The molecule has 0 spiro atoms. The Hall–Kier alpha value is -0.610. The van der Waals surface area contributed by atoms with Gasteiger partial charge in [0.2, 0.25) is 5.91 Å². The second-order valence-corrected chi connectivity index (χ2v) is 6.61. The van der Waals surface area contributed by atoms with Gasteiger partial charge in [0, 0.05) is 11.6 Å². The molecule has 0 radical (unpaired) electrons. The van der Waals surface area contributed by atoms with Crippen LogP contribution in [-0.4, -0.2) is 35.7 Å². The number of aliphatic hydroxyl groups excluding tert-OH is 1. The van der Waals surface area contributed by atoms with Gasteiger partial charge in [-0.05, 0) is 25.7 Å². The summed E-state index contributed by atoms with van der Waals surface area (Å²) in [5.74, 6) is 0.0929. The molecule has 3 N–H and O–H groups in total. The molecule has 2 aliphatic rings. The van der Waals surface area contributed by atoms with Crippen molar-refractivity contribution in [2.45, 2.75) is 82.2 Å². The molecule has 2 saturated carbocycles. The molecule has 1 amide bonds. The Morgan fingerprint density at radius 2 is 1.60 bits per heavy atom. The second-order valence-electron chi connectivity index (χ2n) is 6.61. The Balaban J connectivity index is 1.73. The van der Waals surface area contributed by atoms with E-state index in [0.29, 0.717) is 12.6 Å². The summed E-state index contributed by atoms with van der Waals surface area (Å²) in [6, 6.07) is 0.364. The van der Waals surface area contributed by atoms with Crippen LogP contribution in [0.2, 0.25) is 0 Å². The molecule has 0 bridgehead atoms. The quantitative estimate of drug-likeness (QED) is 0.677. The molecule has 4 heteroatoms. The third-order valence-corrected chi connectivity index (χ3v) is 4.96. The van der Waals surface area contributed by atoms with Crippen LogP contribution in [0.1, 0.15) is 70.6 Å². The highest BCUT2D eigenvalue weighted by Crippen LogP contribution is 2.27. The molecule has 0 saturated heterocycles. The maximum Gasteiger partial charge on any atom is 0.234 e. The van der Waals surface area contributed by atoms with Crippen LogP contribution >= 0.6 is 0 Å². The maximum absolute atomic E-state index is 12.1. The fraction of sp³-hybridized carbons (Fsp3) is 0.938. The van der Waals surface area contributed by atoms with Crippen molar-refractivity contribution in [3.05, 3.63) is 0 Å². The lowest BCUT2D eigenvalue weighted by Gasteiger charge is -2.36. The van der Waals surface area contributed by atoms with Crippen LogP contribution in [0.3, 0.4) is 0 Å². The van der Waals surface area contributed by atoms with E-state index < -0.39 is 0 Å². The predicted molar refractivity (Wildman–Crippen MR) is 80.5 cm³/mol. The van der Waals surface area contributed by atoms with Crippen LogP contribution in [0.15, 0.2) is 0 Å². The molecule has 0 aromatic heterocycles. The maximum atomic E-state index is 12.1. The molecular formula is C16H30N2O2. The normalized spacial score (nSPS) is 24.1. The van der Waals surface area contributed by atoms with Crippen LogP contribution in [0, 0.1) is 0 Å². The molecule has 0 aliphatic heterocycles. The zero-order chi connectivity index (χ0) is 14.3. The Labute approximate surface area is 122 Å². The molecule has 2 fully saturated rings. The van der Waals surface area contributed by atoms with E-state index in [1.807, 2.05) is 0 Å². The van der Waals surface area contributed by atoms with Crippen LogP contribution in [0.25, 0.3) is 0 Å². The predicted octanol–water partition coefficient (Wildman–Crippen LogP) is 2.11. The summed E-state index contributed by atoms with van der Waals surface area (Å²) >= 11 is 0. The largest absolute Gasteiger partial charge is 0.394 e. The average molecular weight is 282 g/mol. The minimum atomic E-state index is -0.209. The van der Waals surface area contributed by atoms with E-state index >= 15 is 0 Å². The SMILES string of the molecule is O=C(CNC1(CO)CCCCC1)NC1CCCCCC1. The molecule has 2 aliphatic carbocycles. The van der Waals surface area contributed by atoms with Gasteiger partial charge in [-0.15, -0.1) is 0 Å². The van der Waals surface area contributed by atoms with Crippen molar-refractivity contribution in [3.8, 4) is 0 Å². The van der Waals surface area contributed by atoms with Crippen molar-refractivity contribution in [1.29, 1.82) is 0 Å². The summed E-state index contributed by atoms with van der Waals surface area (Å²) in [5.41, 5.74) is -0.209. The summed E-state index contributed by atoms with van der Waals surface area (Å²) in [7, 11) is 0. The molecule has 0 aromatic carbocycles.